The fraction of sp³-hybridized carbons (Fsp3) is 0.417. The lowest BCUT2D eigenvalue weighted by atomic mass is 9.92. The number of halogens is 7. The second kappa shape index (κ2) is 11.1. The summed E-state index contributed by atoms with van der Waals surface area (Å²) in [4.78, 5) is 26.3. The Bertz CT molecular complexity index is 1120. The number of fused-ring (bicyclic) bond motifs is 1. The molecular weight excluding hydrogens is 530 g/mol. The van der Waals surface area contributed by atoms with Crippen molar-refractivity contribution in [1.29, 1.82) is 0 Å². The van der Waals surface area contributed by atoms with Crippen molar-refractivity contribution in [2.75, 3.05) is 18.1 Å². The summed E-state index contributed by atoms with van der Waals surface area (Å²) in [5.74, 6) is 0. The third-order valence-electron chi connectivity index (χ3n) is 5.67. The Morgan fingerprint density at radius 3 is 2.22 bits per heavy atom. The Hall–Kier alpha value is -3.15. The summed E-state index contributed by atoms with van der Waals surface area (Å²) in [6.45, 7) is 3.11. The monoisotopic (exact) mass is 552 g/mol. The lowest BCUT2D eigenvalue weighted by molar-refractivity contribution is -0.143. The van der Waals surface area contributed by atoms with Gasteiger partial charge in [-0.2, -0.15) is 26.3 Å². The van der Waals surface area contributed by atoms with Gasteiger partial charge < -0.3 is 14.8 Å². The predicted molar refractivity (Wildman–Crippen MR) is 122 cm³/mol. The number of hydrogen-bond acceptors (Lipinski definition) is 4. The summed E-state index contributed by atoms with van der Waals surface area (Å²) < 4.78 is 88.4. The Kier molecular flexibility index (Phi) is 8.51. The molecule has 6 nitrogen and oxygen atoms in total. The first kappa shape index (κ1) is 28.4. The summed E-state index contributed by atoms with van der Waals surface area (Å²) in [6.07, 6.45) is -11.6. The molecule has 1 aliphatic heterocycles. The number of amides is 2. The molecule has 2 aromatic carbocycles. The fourth-order valence-electron chi connectivity index (χ4n) is 4.05. The van der Waals surface area contributed by atoms with Crippen LogP contribution < -0.4 is 10.2 Å². The largest absolute Gasteiger partial charge is 0.449 e. The van der Waals surface area contributed by atoms with E-state index in [4.69, 9.17) is 21.1 Å². The third-order valence-corrected chi connectivity index (χ3v) is 5.91. The fourth-order valence-corrected chi connectivity index (χ4v) is 4.23. The van der Waals surface area contributed by atoms with Crippen molar-refractivity contribution in [3.63, 3.8) is 0 Å². The van der Waals surface area contributed by atoms with Crippen LogP contribution in [0.2, 0.25) is 5.02 Å². The highest BCUT2D eigenvalue weighted by molar-refractivity contribution is 6.30. The third kappa shape index (κ3) is 7.00. The maximum absolute atomic E-state index is 13.0. The molecule has 2 amide bonds. The molecule has 13 heteroatoms. The highest BCUT2D eigenvalue weighted by Gasteiger charge is 2.37. The molecule has 0 aliphatic carbocycles. The molecule has 1 heterocycles. The predicted octanol–water partition coefficient (Wildman–Crippen LogP) is 7.14. The van der Waals surface area contributed by atoms with Gasteiger partial charge in [-0.05, 0) is 67.8 Å². The van der Waals surface area contributed by atoms with Crippen molar-refractivity contribution < 1.29 is 45.4 Å². The summed E-state index contributed by atoms with van der Waals surface area (Å²) in [5.41, 5.74) is -2.20. The minimum atomic E-state index is -4.97. The molecule has 1 aliphatic rings. The average Bonchev–Trinajstić information content (AvgIpc) is 2.78. The number of alkyl carbamates (subject to hydrolysis) is 1. The first-order chi connectivity index (χ1) is 17.2. The van der Waals surface area contributed by atoms with Gasteiger partial charge in [0.25, 0.3) is 0 Å². The zero-order valence-electron chi connectivity index (χ0n) is 19.7. The highest BCUT2D eigenvalue weighted by Crippen LogP contribution is 2.39. The number of nitrogens with one attached hydrogen (secondary N) is 1. The molecule has 0 unspecified atom stereocenters. The molecule has 0 fully saturated rings. The molecule has 0 saturated heterocycles. The SMILES string of the molecule is CCOC(=O)N1c2ccc(Cl)cc2[C@@H](NC(=O)OCCc2cc(C(F)(F)F)cc(C(F)(F)F)c2)C[C@H]1C. The first-order valence-electron chi connectivity index (χ1n) is 11.2. The number of anilines is 1. The van der Waals surface area contributed by atoms with Crippen molar-refractivity contribution >= 4 is 29.5 Å². The van der Waals surface area contributed by atoms with Crippen LogP contribution in [0.25, 0.3) is 0 Å². The number of alkyl halides is 6. The van der Waals surface area contributed by atoms with E-state index in [1.165, 1.54) is 4.90 Å². The van der Waals surface area contributed by atoms with Gasteiger partial charge in [-0.1, -0.05) is 11.6 Å². The van der Waals surface area contributed by atoms with Crippen LogP contribution in [-0.4, -0.2) is 31.4 Å². The minimum absolute atomic E-state index is 0.0312. The van der Waals surface area contributed by atoms with Gasteiger partial charge in [0, 0.05) is 17.5 Å². The Morgan fingerprint density at radius 1 is 1.03 bits per heavy atom. The molecule has 3 rings (SSSR count). The van der Waals surface area contributed by atoms with Gasteiger partial charge in [-0.15, -0.1) is 0 Å². The van der Waals surface area contributed by atoms with Crippen LogP contribution in [0, 0.1) is 0 Å². The Morgan fingerprint density at radius 2 is 1.65 bits per heavy atom. The van der Waals surface area contributed by atoms with Gasteiger partial charge >= 0.3 is 24.5 Å². The molecule has 1 N–H and O–H groups in total. The van der Waals surface area contributed by atoms with E-state index in [1.807, 2.05) is 0 Å². The van der Waals surface area contributed by atoms with Crippen LogP contribution >= 0.6 is 11.6 Å². The molecule has 2 atom stereocenters. The maximum atomic E-state index is 13.0. The smallest absolute Gasteiger partial charge is 0.416 e. The average molecular weight is 553 g/mol. The van der Waals surface area contributed by atoms with Crippen LogP contribution in [0.5, 0.6) is 0 Å². The van der Waals surface area contributed by atoms with Crippen LogP contribution in [0.3, 0.4) is 0 Å². The van der Waals surface area contributed by atoms with Gasteiger partial charge in [0.15, 0.2) is 0 Å². The maximum Gasteiger partial charge on any atom is 0.416 e. The zero-order valence-corrected chi connectivity index (χ0v) is 20.4. The normalized spacial score (nSPS) is 17.7. The molecule has 0 bridgehead atoms. The molecule has 202 valence electrons. The van der Waals surface area contributed by atoms with Gasteiger partial charge in [-0.3, -0.25) is 4.90 Å². The van der Waals surface area contributed by atoms with Crippen LogP contribution in [0.15, 0.2) is 36.4 Å². The van der Waals surface area contributed by atoms with Crippen LogP contribution in [-0.2, 0) is 28.2 Å². The van der Waals surface area contributed by atoms with Crippen molar-refractivity contribution in [3.05, 3.63) is 63.7 Å². The quantitative estimate of drug-likeness (QED) is 0.400. The van der Waals surface area contributed by atoms with Crippen LogP contribution in [0.1, 0.15) is 48.6 Å². The van der Waals surface area contributed by atoms with E-state index < -0.39 is 48.3 Å². The number of benzene rings is 2. The second-order valence-corrected chi connectivity index (χ2v) is 8.79. The van der Waals surface area contributed by atoms with E-state index in [9.17, 15) is 35.9 Å². The summed E-state index contributed by atoms with van der Waals surface area (Å²) in [5, 5.41) is 2.97. The molecule has 0 radical (unpaired) electrons. The number of carbonyl (C=O) groups excluding carboxylic acids is 2. The van der Waals surface area contributed by atoms with Crippen molar-refractivity contribution in [3.8, 4) is 0 Å². The van der Waals surface area contributed by atoms with Crippen molar-refractivity contribution in [2.45, 2.75) is 51.1 Å². The van der Waals surface area contributed by atoms with E-state index in [1.54, 1.807) is 32.0 Å². The number of rotatable bonds is 5. The summed E-state index contributed by atoms with van der Waals surface area (Å²) in [6, 6.07) is 4.94. The lowest BCUT2D eigenvalue weighted by Gasteiger charge is -2.38. The van der Waals surface area contributed by atoms with E-state index in [0.29, 0.717) is 28.4 Å². The van der Waals surface area contributed by atoms with Gasteiger partial charge in [-0.25, -0.2) is 9.59 Å². The zero-order chi connectivity index (χ0) is 27.5. The minimum Gasteiger partial charge on any atom is -0.449 e. The van der Waals surface area contributed by atoms with Gasteiger partial charge in [0.1, 0.15) is 0 Å². The molecule has 0 aromatic heterocycles. The van der Waals surface area contributed by atoms with Crippen molar-refractivity contribution in [2.24, 2.45) is 0 Å². The Balaban J connectivity index is 1.71. The van der Waals surface area contributed by atoms with E-state index in [-0.39, 0.29) is 37.1 Å². The molecule has 0 spiro atoms. The number of ether oxygens (including phenoxy) is 2. The summed E-state index contributed by atoms with van der Waals surface area (Å²) in [7, 11) is 0. The van der Waals surface area contributed by atoms with E-state index >= 15 is 0 Å². The Labute approximate surface area is 213 Å². The lowest BCUT2D eigenvalue weighted by Crippen LogP contribution is -2.46. The molecule has 0 saturated carbocycles. The standard InChI is InChI=1S/C24H23ClF6N2O4/c1-3-36-22(35)33-13(2)8-19(18-12-17(25)4-5-20(18)33)32-21(34)37-7-6-14-9-15(23(26,27)28)11-16(10-14)24(29,30)31/h4-5,9-13,19H,3,6-8H2,1-2H3,(H,32,34)/t13-,19+/m1/s1. The van der Waals surface area contributed by atoms with Crippen molar-refractivity contribution in [1.82, 2.24) is 5.32 Å². The van der Waals surface area contributed by atoms with E-state index in [2.05, 4.69) is 5.32 Å². The van der Waals surface area contributed by atoms with Gasteiger partial charge in [0.05, 0.1) is 36.1 Å². The van der Waals surface area contributed by atoms with E-state index in [0.717, 1.165) is 0 Å². The summed E-state index contributed by atoms with van der Waals surface area (Å²) >= 11 is 6.11. The molecule has 2 aromatic rings. The topological polar surface area (TPSA) is 67.9 Å². The first-order valence-corrected chi connectivity index (χ1v) is 11.6. The second-order valence-electron chi connectivity index (χ2n) is 8.35. The molecule has 37 heavy (non-hydrogen) atoms. The number of nitrogens with zero attached hydrogens (tertiary/aromatic N) is 1. The van der Waals surface area contributed by atoms with Gasteiger partial charge in [0.2, 0.25) is 0 Å². The number of hydrogen-bond donors (Lipinski definition) is 1. The number of carbonyl (C=O) groups is 2. The highest BCUT2D eigenvalue weighted by atomic mass is 35.5. The molecular formula is C24H23ClF6N2O4. The van der Waals surface area contributed by atoms with Crippen LogP contribution in [0.4, 0.5) is 41.6 Å².